The first-order chi connectivity index (χ1) is 15.6. The van der Waals surface area contributed by atoms with Crippen LogP contribution in [0.5, 0.6) is 5.75 Å². The maximum absolute atomic E-state index is 13.1. The van der Waals surface area contributed by atoms with Crippen LogP contribution < -0.4 is 5.32 Å². The Bertz CT molecular complexity index is 966. The van der Waals surface area contributed by atoms with Gasteiger partial charge >= 0.3 is 0 Å². The van der Waals surface area contributed by atoms with Crippen LogP contribution in [0, 0.1) is 11.3 Å². The second-order valence-corrected chi connectivity index (χ2v) is 12.3. The maximum Gasteiger partial charge on any atom is 0.264 e. The summed E-state index contributed by atoms with van der Waals surface area (Å²) in [7, 11) is 0. The number of amides is 2. The molecule has 0 radical (unpaired) electrons. The van der Waals surface area contributed by atoms with Gasteiger partial charge in [-0.2, -0.15) is 4.99 Å². The Balaban J connectivity index is 2.31. The minimum atomic E-state index is -1.15. The number of phenolic OH excluding ortho intramolecular Hbond substituents is 1. The summed E-state index contributed by atoms with van der Waals surface area (Å²) in [6.45, 7) is 17.8. The zero-order valence-electron chi connectivity index (χ0n) is 22.1. The fraction of sp³-hybridized carbons (Fsp3) is 0.630. The molecule has 0 bridgehead atoms. The molecule has 0 fully saturated rings. The third-order valence-electron chi connectivity index (χ3n) is 6.72. The van der Waals surface area contributed by atoms with Gasteiger partial charge in [-0.3, -0.25) is 14.4 Å². The number of nitrogens with zero attached hydrogens (tertiary/aromatic N) is 1. The van der Waals surface area contributed by atoms with Crippen molar-refractivity contribution >= 4 is 34.5 Å². The van der Waals surface area contributed by atoms with E-state index in [1.807, 2.05) is 62.3 Å². The number of nitrogens with one attached hydrogen (secondary N) is 1. The van der Waals surface area contributed by atoms with E-state index in [1.165, 1.54) is 0 Å². The van der Waals surface area contributed by atoms with Crippen LogP contribution in [0.3, 0.4) is 0 Å². The monoisotopic (exact) mass is 488 g/mol. The molecule has 0 spiro atoms. The largest absolute Gasteiger partial charge is 0.507 e. The zero-order chi connectivity index (χ0) is 26.1. The first kappa shape index (κ1) is 28.1. The average molecular weight is 489 g/mol. The summed E-state index contributed by atoms with van der Waals surface area (Å²) in [5, 5.41) is 13.8. The first-order valence-corrected chi connectivity index (χ1v) is 13.1. The molecule has 2 amide bonds. The molecule has 2 rings (SSSR count). The molecule has 34 heavy (non-hydrogen) atoms. The van der Waals surface area contributed by atoms with Gasteiger partial charge in [0.1, 0.15) is 11.2 Å². The Labute approximate surface area is 208 Å². The highest BCUT2D eigenvalue weighted by Gasteiger charge is 2.51. The summed E-state index contributed by atoms with van der Waals surface area (Å²) in [4.78, 5) is 43.3. The summed E-state index contributed by atoms with van der Waals surface area (Å²) >= 11 is 1.06. The Kier molecular flexibility index (Phi) is 8.45. The molecule has 2 N–H and O–H groups in total. The Morgan fingerprint density at radius 3 is 2.03 bits per heavy atom. The lowest BCUT2D eigenvalue weighted by Crippen LogP contribution is -2.54. The van der Waals surface area contributed by atoms with Gasteiger partial charge in [0.15, 0.2) is 11.0 Å². The maximum atomic E-state index is 13.1. The lowest BCUT2D eigenvalue weighted by molar-refractivity contribution is -0.145. The average Bonchev–Trinajstić information content (AvgIpc) is 2.70. The fourth-order valence-electron chi connectivity index (χ4n) is 4.52. The Hall–Kier alpha value is -2.15. The van der Waals surface area contributed by atoms with Crippen molar-refractivity contribution in [1.29, 1.82) is 0 Å². The second-order valence-electron chi connectivity index (χ2n) is 11.3. The van der Waals surface area contributed by atoms with Gasteiger partial charge in [0.05, 0.1) is 5.75 Å². The molecular formula is C27H40N2O4S. The number of aliphatic imine (C=N–C) groups is 1. The summed E-state index contributed by atoms with van der Waals surface area (Å²) in [6, 6.07) is 3.49. The first-order valence-electron chi connectivity index (χ1n) is 12.1. The second kappa shape index (κ2) is 10.2. The lowest BCUT2D eigenvalue weighted by Gasteiger charge is -2.36. The van der Waals surface area contributed by atoms with Crippen molar-refractivity contribution in [3.05, 3.63) is 28.8 Å². The number of hydrogen-bond acceptors (Lipinski definition) is 5. The summed E-state index contributed by atoms with van der Waals surface area (Å²) in [5.41, 5.74) is 0.0760. The third kappa shape index (κ3) is 5.56. The quantitative estimate of drug-likeness (QED) is 0.376. The summed E-state index contributed by atoms with van der Waals surface area (Å²) in [5.74, 6) is -0.790. The molecule has 1 aliphatic rings. The Morgan fingerprint density at radius 2 is 1.62 bits per heavy atom. The van der Waals surface area contributed by atoms with Gasteiger partial charge in [-0.15, -0.1) is 0 Å². The minimum absolute atomic E-state index is 0.0218. The standard InChI is InChI=1S/C27H40N2O4S/c1-10-12-16(3)27(11-2)22(32)28-24(29-23(27)33)34-15-20(30)17-13-18(25(4,5)6)21(31)19(14-17)26(7,8)9/h13-14,16,31H,10-12,15H2,1-9H3,(H,28,29,32,33). The summed E-state index contributed by atoms with van der Waals surface area (Å²) < 4.78 is 0. The van der Waals surface area contributed by atoms with E-state index >= 15 is 0 Å². The van der Waals surface area contributed by atoms with E-state index in [2.05, 4.69) is 10.3 Å². The van der Waals surface area contributed by atoms with E-state index < -0.39 is 11.3 Å². The number of ketones is 1. The van der Waals surface area contributed by atoms with Gasteiger partial charge in [0, 0.05) is 16.7 Å². The molecule has 1 aromatic rings. The lowest BCUT2D eigenvalue weighted by atomic mass is 9.70. The van der Waals surface area contributed by atoms with Crippen molar-refractivity contribution in [3.63, 3.8) is 0 Å². The molecule has 0 saturated carbocycles. The molecule has 1 aliphatic heterocycles. The molecule has 2 unspecified atom stereocenters. The van der Waals surface area contributed by atoms with Gasteiger partial charge in [-0.1, -0.05) is 80.5 Å². The molecule has 7 heteroatoms. The van der Waals surface area contributed by atoms with E-state index in [1.54, 1.807) is 12.1 Å². The number of phenols is 1. The minimum Gasteiger partial charge on any atom is -0.507 e. The van der Waals surface area contributed by atoms with Crippen LogP contribution in [0.25, 0.3) is 0 Å². The number of Topliss-reactive ketones (excluding diaryl/α,β-unsaturated/α-hetero) is 1. The van der Waals surface area contributed by atoms with Crippen LogP contribution in [0.4, 0.5) is 0 Å². The molecule has 0 aromatic heterocycles. The number of carbonyl (C=O) groups is 3. The van der Waals surface area contributed by atoms with Crippen molar-refractivity contribution in [1.82, 2.24) is 5.32 Å². The number of thioether (sulfide) groups is 1. The third-order valence-corrected chi connectivity index (χ3v) is 7.59. The number of aromatic hydroxyl groups is 1. The highest BCUT2D eigenvalue weighted by Crippen LogP contribution is 2.41. The van der Waals surface area contributed by atoms with Gasteiger partial charge in [-0.05, 0) is 41.7 Å². The molecule has 6 nitrogen and oxygen atoms in total. The highest BCUT2D eigenvalue weighted by molar-refractivity contribution is 8.14. The number of hydrogen-bond donors (Lipinski definition) is 2. The van der Waals surface area contributed by atoms with Crippen LogP contribution in [-0.2, 0) is 20.4 Å². The van der Waals surface area contributed by atoms with Crippen molar-refractivity contribution in [3.8, 4) is 5.75 Å². The smallest absolute Gasteiger partial charge is 0.264 e. The fourth-order valence-corrected chi connectivity index (χ4v) is 5.27. The van der Waals surface area contributed by atoms with E-state index in [4.69, 9.17) is 0 Å². The Morgan fingerprint density at radius 1 is 1.09 bits per heavy atom. The predicted molar refractivity (Wildman–Crippen MR) is 140 cm³/mol. The van der Waals surface area contributed by atoms with Crippen LogP contribution >= 0.6 is 11.8 Å². The van der Waals surface area contributed by atoms with Gasteiger partial charge in [-0.25, -0.2) is 0 Å². The molecule has 0 aliphatic carbocycles. The highest BCUT2D eigenvalue weighted by atomic mass is 32.2. The number of amidine groups is 1. The molecule has 1 heterocycles. The van der Waals surface area contributed by atoms with E-state index in [9.17, 15) is 19.5 Å². The van der Waals surface area contributed by atoms with E-state index in [0.29, 0.717) is 23.1 Å². The van der Waals surface area contributed by atoms with Crippen LogP contribution in [0.2, 0.25) is 0 Å². The zero-order valence-corrected chi connectivity index (χ0v) is 22.9. The molecular weight excluding hydrogens is 448 g/mol. The van der Waals surface area contributed by atoms with Crippen LogP contribution in [0.1, 0.15) is 103 Å². The van der Waals surface area contributed by atoms with Crippen molar-refractivity contribution in [2.45, 2.75) is 92.4 Å². The number of rotatable bonds is 7. The summed E-state index contributed by atoms with van der Waals surface area (Å²) in [6.07, 6.45) is 2.03. The number of benzene rings is 1. The van der Waals surface area contributed by atoms with E-state index in [-0.39, 0.29) is 45.1 Å². The van der Waals surface area contributed by atoms with Crippen LogP contribution in [0.15, 0.2) is 17.1 Å². The van der Waals surface area contributed by atoms with Gasteiger partial charge < -0.3 is 10.4 Å². The molecule has 1 aromatic carbocycles. The van der Waals surface area contributed by atoms with Crippen LogP contribution in [-0.4, -0.2) is 33.6 Å². The normalized spacial score (nSPS) is 20.1. The SMILES string of the molecule is CCCC(C)C1(CC)C(=O)N=C(SCC(=O)c2cc(C(C)(C)C)c(O)c(C(C)(C)C)c2)NC1=O. The van der Waals surface area contributed by atoms with Gasteiger partial charge in [0.2, 0.25) is 5.91 Å². The molecule has 188 valence electrons. The van der Waals surface area contributed by atoms with Crippen molar-refractivity contribution < 1.29 is 19.5 Å². The van der Waals surface area contributed by atoms with E-state index in [0.717, 1.165) is 24.6 Å². The number of carbonyl (C=O) groups excluding carboxylic acids is 3. The van der Waals surface area contributed by atoms with Crippen molar-refractivity contribution in [2.75, 3.05) is 5.75 Å². The predicted octanol–water partition coefficient (Wildman–Crippen LogP) is 5.75. The molecule has 2 atom stereocenters. The van der Waals surface area contributed by atoms with Crippen molar-refractivity contribution in [2.24, 2.45) is 16.3 Å². The van der Waals surface area contributed by atoms with Gasteiger partial charge in [0.25, 0.3) is 5.91 Å². The molecule has 0 saturated heterocycles. The topological polar surface area (TPSA) is 95.8 Å².